The van der Waals surface area contributed by atoms with E-state index in [4.69, 9.17) is 4.98 Å². The molecule has 8 nitrogen and oxygen atoms in total. The van der Waals surface area contributed by atoms with Gasteiger partial charge >= 0.3 is 0 Å². The number of nitrogens with zero attached hydrogens (tertiary/aromatic N) is 4. The first-order valence-corrected chi connectivity index (χ1v) is 23.4. The zero-order valence-corrected chi connectivity index (χ0v) is 36.3. The summed E-state index contributed by atoms with van der Waals surface area (Å²) in [4.78, 5) is 9.96. The highest BCUT2D eigenvalue weighted by Crippen LogP contribution is 2.27. The fourth-order valence-electron chi connectivity index (χ4n) is 5.84. The van der Waals surface area contributed by atoms with Gasteiger partial charge in [0.25, 0.3) is 0 Å². The number of aromatic nitrogens is 2. The van der Waals surface area contributed by atoms with Crippen LogP contribution in [0, 0.1) is 12.7 Å². The van der Waals surface area contributed by atoms with Gasteiger partial charge < -0.3 is 0 Å². The minimum Gasteiger partial charge on any atom is -0.241 e. The van der Waals surface area contributed by atoms with E-state index in [-0.39, 0.29) is 10.7 Å². The maximum absolute atomic E-state index is 13.0. The van der Waals surface area contributed by atoms with Crippen LogP contribution in [0.15, 0.2) is 118 Å². The largest absolute Gasteiger partial charge is 0.243 e. The molecule has 0 unspecified atom stereocenters. The quantitative estimate of drug-likeness (QED) is 0.108. The van der Waals surface area contributed by atoms with Gasteiger partial charge in [-0.05, 0) is 54.4 Å². The molecule has 0 saturated heterocycles. The molecular formula is C43H51FN4O4S4. The number of thiazole rings is 2. The topological polar surface area (TPSA) is 101 Å². The molecule has 0 N–H and O–H groups in total. The van der Waals surface area contributed by atoms with Crippen LogP contribution in [0.3, 0.4) is 0 Å². The molecule has 0 amide bonds. The predicted octanol–water partition coefficient (Wildman–Crippen LogP) is 10.3. The Balaban J connectivity index is 0.000000238. The SMILES string of the molecule is CC.CCN(CC)S(=O)(=O)c1ccc(-c2csc(Cc3ccc(F)cc3)n2)cc1.CCN(CC)S(=O)(=O)c1ccc(-c2csc(Cc3cccc(C)c3)n2)cc1. The summed E-state index contributed by atoms with van der Waals surface area (Å²) in [6.07, 6.45) is 1.44. The number of halogens is 1. The highest BCUT2D eigenvalue weighted by molar-refractivity contribution is 7.89. The van der Waals surface area contributed by atoms with Crippen molar-refractivity contribution in [1.82, 2.24) is 18.6 Å². The molecule has 6 aromatic rings. The summed E-state index contributed by atoms with van der Waals surface area (Å²) >= 11 is 3.16. The molecule has 0 spiro atoms. The standard InChI is InChI=1S/C21H24N2O2S2.C20H21FN2O2S2.C2H6/c1-4-23(5-2)27(24,25)19-11-9-18(10-12-19)20-15-26-21(22-20)14-17-8-6-7-16(3)13-17;1-3-23(4-2)27(24,25)18-11-7-16(8-12-18)19-14-26-20(22-19)13-15-5-9-17(21)10-6-15;1-2/h6-13,15H,4-5,14H2,1-3H3;5-12,14H,3-4,13H2,1-2H3;1-2H3. The number of hydrogen-bond acceptors (Lipinski definition) is 8. The number of sulfonamides is 2. The van der Waals surface area contributed by atoms with Crippen LogP contribution < -0.4 is 0 Å². The van der Waals surface area contributed by atoms with Crippen LogP contribution in [0.5, 0.6) is 0 Å². The fraction of sp³-hybridized carbons (Fsp3) is 0.302. The molecule has 0 aliphatic rings. The first-order chi connectivity index (χ1) is 26.9. The molecule has 0 bridgehead atoms. The number of benzene rings is 4. The Labute approximate surface area is 340 Å². The monoisotopic (exact) mass is 834 g/mol. The minimum atomic E-state index is -3.45. The molecule has 298 valence electrons. The Morgan fingerprint density at radius 3 is 1.38 bits per heavy atom. The molecule has 6 rings (SSSR count). The Morgan fingerprint density at radius 1 is 0.571 bits per heavy atom. The Hall–Kier alpha value is -4.11. The van der Waals surface area contributed by atoms with Crippen molar-refractivity contribution in [1.29, 1.82) is 0 Å². The molecule has 4 aromatic carbocycles. The maximum Gasteiger partial charge on any atom is 0.243 e. The van der Waals surface area contributed by atoms with Crippen LogP contribution in [0.25, 0.3) is 22.5 Å². The summed E-state index contributed by atoms with van der Waals surface area (Å²) < 4.78 is 66.2. The van der Waals surface area contributed by atoms with Crippen LogP contribution >= 0.6 is 22.7 Å². The van der Waals surface area contributed by atoms with Gasteiger partial charge in [-0.1, -0.05) is 108 Å². The van der Waals surface area contributed by atoms with Crippen LogP contribution in [0.4, 0.5) is 4.39 Å². The van der Waals surface area contributed by atoms with Gasteiger partial charge in [-0.15, -0.1) is 22.7 Å². The van der Waals surface area contributed by atoms with Gasteiger partial charge in [-0.2, -0.15) is 8.61 Å². The summed E-state index contributed by atoms with van der Waals surface area (Å²) in [7, 11) is -6.88. The number of hydrogen-bond donors (Lipinski definition) is 0. The lowest BCUT2D eigenvalue weighted by Crippen LogP contribution is -2.30. The molecule has 2 aromatic heterocycles. The van der Waals surface area contributed by atoms with Gasteiger partial charge in [-0.25, -0.2) is 31.2 Å². The maximum atomic E-state index is 13.0. The molecule has 0 atom stereocenters. The first kappa shape index (κ1) is 44.6. The molecule has 0 aliphatic heterocycles. The van der Waals surface area contributed by atoms with Gasteiger partial charge in [0.05, 0.1) is 31.2 Å². The van der Waals surface area contributed by atoms with Crippen molar-refractivity contribution >= 4 is 42.7 Å². The van der Waals surface area contributed by atoms with Gasteiger partial charge in [0.1, 0.15) is 5.82 Å². The van der Waals surface area contributed by atoms with Crippen LogP contribution in [0.1, 0.15) is 68.2 Å². The third-order valence-electron chi connectivity index (χ3n) is 8.80. The van der Waals surface area contributed by atoms with Crippen molar-refractivity contribution in [2.45, 2.75) is 71.1 Å². The van der Waals surface area contributed by atoms with Crippen molar-refractivity contribution in [3.05, 3.63) is 140 Å². The van der Waals surface area contributed by atoms with Gasteiger partial charge in [-0.3, -0.25) is 0 Å². The number of aryl methyl sites for hydroxylation is 1. The lowest BCUT2D eigenvalue weighted by Gasteiger charge is -2.18. The molecule has 0 fully saturated rings. The van der Waals surface area contributed by atoms with Crippen molar-refractivity contribution in [2.24, 2.45) is 0 Å². The Bertz CT molecular complexity index is 2330. The van der Waals surface area contributed by atoms with Gasteiger partial charge in [0, 0.05) is 60.9 Å². The lowest BCUT2D eigenvalue weighted by molar-refractivity contribution is 0.444. The highest BCUT2D eigenvalue weighted by Gasteiger charge is 2.22. The Kier molecular flexibility index (Phi) is 16.6. The molecule has 0 saturated carbocycles. The third kappa shape index (κ3) is 11.5. The van der Waals surface area contributed by atoms with E-state index in [1.165, 1.54) is 43.2 Å². The van der Waals surface area contributed by atoms with E-state index in [9.17, 15) is 21.2 Å². The van der Waals surface area contributed by atoms with Crippen LogP contribution in [-0.2, 0) is 32.9 Å². The van der Waals surface area contributed by atoms with Gasteiger partial charge in [0.2, 0.25) is 20.0 Å². The number of rotatable bonds is 14. The van der Waals surface area contributed by atoms with E-state index >= 15 is 0 Å². The second-order valence-corrected chi connectivity index (χ2v) is 18.2. The summed E-state index contributed by atoms with van der Waals surface area (Å²) in [5.41, 5.74) is 6.98. The fourth-order valence-corrected chi connectivity index (χ4v) is 10.4. The smallest absolute Gasteiger partial charge is 0.241 e. The van der Waals surface area contributed by atoms with Crippen molar-refractivity contribution in [3.63, 3.8) is 0 Å². The molecular weight excluding hydrogens is 784 g/mol. The zero-order chi connectivity index (χ0) is 40.9. The Morgan fingerprint density at radius 2 is 0.982 bits per heavy atom. The summed E-state index contributed by atoms with van der Waals surface area (Å²) in [5, 5.41) is 5.96. The molecule has 13 heteroatoms. The molecule has 0 aliphatic carbocycles. The predicted molar refractivity (Wildman–Crippen MR) is 230 cm³/mol. The normalized spacial score (nSPS) is 11.5. The van der Waals surface area contributed by atoms with Gasteiger partial charge in [0.15, 0.2) is 0 Å². The average Bonchev–Trinajstić information content (AvgIpc) is 3.88. The lowest BCUT2D eigenvalue weighted by atomic mass is 10.1. The second kappa shape index (κ2) is 20.9. The van der Waals surface area contributed by atoms with Crippen molar-refractivity contribution < 1.29 is 21.2 Å². The van der Waals surface area contributed by atoms with E-state index in [0.29, 0.717) is 37.5 Å². The molecule has 2 heterocycles. The second-order valence-electron chi connectivity index (χ2n) is 12.4. The van der Waals surface area contributed by atoms with E-state index < -0.39 is 20.0 Å². The minimum absolute atomic E-state index is 0.252. The summed E-state index contributed by atoms with van der Waals surface area (Å²) in [6, 6.07) is 28.7. The van der Waals surface area contributed by atoms with E-state index in [0.717, 1.165) is 44.5 Å². The zero-order valence-electron chi connectivity index (χ0n) is 33.1. The average molecular weight is 835 g/mol. The summed E-state index contributed by atoms with van der Waals surface area (Å²) in [5.74, 6) is -0.252. The van der Waals surface area contributed by atoms with Crippen LogP contribution in [-0.4, -0.2) is 61.6 Å². The van der Waals surface area contributed by atoms with Crippen molar-refractivity contribution in [2.75, 3.05) is 26.2 Å². The molecule has 56 heavy (non-hydrogen) atoms. The van der Waals surface area contributed by atoms with E-state index in [1.54, 1.807) is 59.9 Å². The summed E-state index contributed by atoms with van der Waals surface area (Å²) in [6.45, 7) is 15.3. The first-order valence-electron chi connectivity index (χ1n) is 18.8. The van der Waals surface area contributed by atoms with E-state index in [1.807, 2.05) is 64.4 Å². The van der Waals surface area contributed by atoms with E-state index in [2.05, 4.69) is 36.2 Å². The van der Waals surface area contributed by atoms with Crippen molar-refractivity contribution in [3.8, 4) is 22.5 Å². The third-order valence-corrected chi connectivity index (χ3v) is 14.6. The highest BCUT2D eigenvalue weighted by atomic mass is 32.2. The van der Waals surface area contributed by atoms with Crippen LogP contribution in [0.2, 0.25) is 0 Å². The molecule has 0 radical (unpaired) electrons.